The first-order valence-corrected chi connectivity index (χ1v) is 8.67. The molecule has 1 aliphatic carbocycles. The van der Waals surface area contributed by atoms with Gasteiger partial charge in [0.05, 0.1) is 31.5 Å². The predicted octanol–water partition coefficient (Wildman–Crippen LogP) is 2.88. The quantitative estimate of drug-likeness (QED) is 0.812. The van der Waals surface area contributed by atoms with E-state index in [0.717, 1.165) is 44.1 Å². The van der Waals surface area contributed by atoms with Gasteiger partial charge in [-0.15, -0.1) is 0 Å². The molecule has 1 atom stereocenters. The van der Waals surface area contributed by atoms with Crippen molar-refractivity contribution in [2.75, 3.05) is 20.7 Å². The second-order valence-electron chi connectivity index (χ2n) is 6.78. The second kappa shape index (κ2) is 8.33. The molecule has 134 valence electrons. The van der Waals surface area contributed by atoms with Gasteiger partial charge in [0, 0.05) is 18.8 Å². The molecule has 0 bridgehead atoms. The summed E-state index contributed by atoms with van der Waals surface area (Å²) in [7, 11) is 3.32. The monoisotopic (exact) mass is 335 g/mol. The van der Waals surface area contributed by atoms with Crippen LogP contribution in [-0.2, 0) is 0 Å². The molecule has 1 saturated carbocycles. The van der Waals surface area contributed by atoms with Gasteiger partial charge in [-0.25, -0.2) is 4.79 Å². The van der Waals surface area contributed by atoms with Gasteiger partial charge in [-0.3, -0.25) is 4.98 Å². The van der Waals surface area contributed by atoms with Crippen LogP contribution in [0.4, 0.5) is 4.79 Å². The van der Waals surface area contributed by atoms with Crippen LogP contribution < -0.4 is 10.1 Å². The number of aromatic nitrogens is 1. The Morgan fingerprint density at radius 1 is 1.42 bits per heavy atom. The van der Waals surface area contributed by atoms with E-state index < -0.39 is 5.60 Å². The molecule has 6 nitrogen and oxygen atoms in total. The summed E-state index contributed by atoms with van der Waals surface area (Å²) in [5.74, 6) is 0.648. The lowest BCUT2D eigenvalue weighted by molar-refractivity contribution is 0.00443. The summed E-state index contributed by atoms with van der Waals surface area (Å²) in [4.78, 5) is 18.1. The highest BCUT2D eigenvalue weighted by atomic mass is 16.5. The van der Waals surface area contributed by atoms with Crippen LogP contribution >= 0.6 is 0 Å². The molecule has 1 aliphatic rings. The molecule has 0 aromatic carbocycles. The SMILES string of the molecule is COc1cnccc1C(C)NC(=O)N(C)CC1(O)CCCCCC1. The minimum Gasteiger partial charge on any atom is -0.495 e. The number of carbonyl (C=O) groups is 1. The molecule has 2 amide bonds. The van der Waals surface area contributed by atoms with E-state index in [9.17, 15) is 9.90 Å². The zero-order valence-corrected chi connectivity index (χ0v) is 14.9. The van der Waals surface area contributed by atoms with Crippen LogP contribution in [0.3, 0.4) is 0 Å². The van der Waals surface area contributed by atoms with Crippen LogP contribution in [0.5, 0.6) is 5.75 Å². The molecule has 0 spiro atoms. The average Bonchev–Trinajstić information content (AvgIpc) is 2.79. The Bertz CT molecular complexity index is 542. The largest absolute Gasteiger partial charge is 0.495 e. The standard InChI is InChI=1S/C18H29N3O3/c1-14(15-8-11-19-12-16(15)24-3)20-17(22)21(2)13-18(23)9-6-4-5-7-10-18/h8,11-12,14,23H,4-7,9-10,13H2,1-3H3,(H,20,22). The van der Waals surface area contributed by atoms with Gasteiger partial charge in [0.1, 0.15) is 5.75 Å². The number of hydrogen-bond donors (Lipinski definition) is 2. The Labute approximate surface area is 144 Å². The first kappa shape index (κ1) is 18.5. The normalized spacial score (nSPS) is 18.3. The van der Waals surface area contributed by atoms with Gasteiger partial charge in [-0.05, 0) is 25.8 Å². The Morgan fingerprint density at radius 2 is 2.08 bits per heavy atom. The third-order valence-electron chi connectivity index (χ3n) is 4.76. The smallest absolute Gasteiger partial charge is 0.317 e. The summed E-state index contributed by atoms with van der Waals surface area (Å²) in [6.45, 7) is 2.27. The van der Waals surface area contributed by atoms with Gasteiger partial charge < -0.3 is 20.1 Å². The molecule has 1 aromatic rings. The number of likely N-dealkylation sites (N-methyl/N-ethyl adjacent to an activating group) is 1. The maximum atomic E-state index is 12.5. The fourth-order valence-corrected chi connectivity index (χ4v) is 3.35. The van der Waals surface area contributed by atoms with Crippen LogP contribution in [0.25, 0.3) is 0 Å². The molecule has 1 aromatic heterocycles. The second-order valence-corrected chi connectivity index (χ2v) is 6.78. The maximum Gasteiger partial charge on any atom is 0.317 e. The van der Waals surface area contributed by atoms with Crippen LogP contribution in [0, 0.1) is 0 Å². The van der Waals surface area contributed by atoms with Gasteiger partial charge in [-0.2, -0.15) is 0 Å². The lowest BCUT2D eigenvalue weighted by Gasteiger charge is -2.32. The minimum atomic E-state index is -0.764. The molecule has 1 unspecified atom stereocenters. The molecule has 1 fully saturated rings. The van der Waals surface area contributed by atoms with Crippen LogP contribution in [0.1, 0.15) is 57.1 Å². The molecule has 6 heteroatoms. The minimum absolute atomic E-state index is 0.195. The van der Waals surface area contributed by atoms with Gasteiger partial charge in [-0.1, -0.05) is 25.7 Å². The number of urea groups is 1. The summed E-state index contributed by atoms with van der Waals surface area (Å²) in [5.41, 5.74) is 0.114. The molecule has 2 rings (SSSR count). The molecule has 0 saturated heterocycles. The topological polar surface area (TPSA) is 74.7 Å². The zero-order chi connectivity index (χ0) is 17.6. The van der Waals surface area contributed by atoms with E-state index in [1.165, 1.54) is 0 Å². The third-order valence-corrected chi connectivity index (χ3v) is 4.76. The van der Waals surface area contributed by atoms with E-state index in [4.69, 9.17) is 4.74 Å². The van der Waals surface area contributed by atoms with Crippen molar-refractivity contribution in [2.45, 2.75) is 57.1 Å². The van der Waals surface area contributed by atoms with E-state index in [1.54, 1.807) is 31.5 Å². The Kier molecular flexibility index (Phi) is 6.43. The molecule has 0 radical (unpaired) electrons. The fourth-order valence-electron chi connectivity index (χ4n) is 3.35. The number of aliphatic hydroxyl groups is 1. The molecular weight excluding hydrogens is 306 g/mol. The molecule has 1 heterocycles. The number of nitrogens with zero attached hydrogens (tertiary/aromatic N) is 2. The van der Waals surface area contributed by atoms with Crippen molar-refractivity contribution >= 4 is 6.03 Å². The Hall–Kier alpha value is -1.82. The maximum absolute atomic E-state index is 12.5. The number of nitrogens with one attached hydrogen (secondary N) is 1. The van der Waals surface area contributed by atoms with Gasteiger partial charge >= 0.3 is 6.03 Å². The van der Waals surface area contributed by atoms with E-state index >= 15 is 0 Å². The fraction of sp³-hybridized carbons (Fsp3) is 0.667. The average molecular weight is 335 g/mol. The number of ether oxygens (including phenoxy) is 1. The van der Waals surface area contributed by atoms with Crippen molar-refractivity contribution < 1.29 is 14.6 Å². The highest BCUT2D eigenvalue weighted by molar-refractivity contribution is 5.74. The first-order chi connectivity index (χ1) is 11.4. The Balaban J connectivity index is 1.95. The highest BCUT2D eigenvalue weighted by Crippen LogP contribution is 2.28. The lowest BCUT2D eigenvalue weighted by Crippen LogP contribution is -2.47. The molecule has 2 N–H and O–H groups in total. The van der Waals surface area contributed by atoms with Crippen molar-refractivity contribution in [2.24, 2.45) is 0 Å². The zero-order valence-electron chi connectivity index (χ0n) is 14.9. The summed E-state index contributed by atoms with van der Waals surface area (Å²) in [6, 6.07) is 1.43. The molecule has 24 heavy (non-hydrogen) atoms. The van der Waals surface area contributed by atoms with Gasteiger partial charge in [0.25, 0.3) is 0 Å². The van der Waals surface area contributed by atoms with E-state index in [1.807, 2.05) is 13.0 Å². The summed E-state index contributed by atoms with van der Waals surface area (Å²) < 4.78 is 5.29. The number of hydrogen-bond acceptors (Lipinski definition) is 4. The van der Waals surface area contributed by atoms with Crippen molar-refractivity contribution in [1.29, 1.82) is 0 Å². The summed E-state index contributed by atoms with van der Waals surface area (Å²) in [5, 5.41) is 13.7. The number of pyridine rings is 1. The van der Waals surface area contributed by atoms with Crippen molar-refractivity contribution in [1.82, 2.24) is 15.2 Å². The van der Waals surface area contributed by atoms with Crippen LogP contribution in [0.2, 0.25) is 0 Å². The van der Waals surface area contributed by atoms with E-state index in [0.29, 0.717) is 12.3 Å². The highest BCUT2D eigenvalue weighted by Gasteiger charge is 2.31. The summed E-state index contributed by atoms with van der Waals surface area (Å²) in [6.07, 6.45) is 9.21. The Morgan fingerprint density at radius 3 is 2.71 bits per heavy atom. The number of rotatable bonds is 5. The number of carbonyl (C=O) groups excluding carboxylic acids is 1. The lowest BCUT2D eigenvalue weighted by atomic mass is 9.94. The van der Waals surface area contributed by atoms with E-state index in [-0.39, 0.29) is 12.1 Å². The summed E-state index contributed by atoms with van der Waals surface area (Å²) >= 11 is 0. The van der Waals surface area contributed by atoms with Crippen molar-refractivity contribution in [3.63, 3.8) is 0 Å². The predicted molar refractivity (Wildman–Crippen MR) is 93.0 cm³/mol. The van der Waals surface area contributed by atoms with Crippen LogP contribution in [0.15, 0.2) is 18.5 Å². The van der Waals surface area contributed by atoms with Crippen molar-refractivity contribution in [3.05, 3.63) is 24.0 Å². The number of methoxy groups -OCH3 is 1. The molecular formula is C18H29N3O3. The first-order valence-electron chi connectivity index (χ1n) is 8.67. The number of amides is 2. The van der Waals surface area contributed by atoms with Gasteiger partial charge in [0.15, 0.2) is 0 Å². The third kappa shape index (κ3) is 4.84. The van der Waals surface area contributed by atoms with E-state index in [2.05, 4.69) is 10.3 Å². The van der Waals surface area contributed by atoms with Gasteiger partial charge in [0.2, 0.25) is 0 Å². The molecule has 0 aliphatic heterocycles. The van der Waals surface area contributed by atoms with Crippen LogP contribution in [-0.4, -0.2) is 47.3 Å². The van der Waals surface area contributed by atoms with Crippen molar-refractivity contribution in [3.8, 4) is 5.75 Å².